The van der Waals surface area contributed by atoms with E-state index in [1.54, 1.807) is 0 Å². The topological polar surface area (TPSA) is 11.4 Å². The van der Waals surface area contributed by atoms with Crippen LogP contribution in [0, 0.1) is 0 Å². The molecule has 0 bridgehead atoms. The highest BCUT2D eigenvalue weighted by Crippen LogP contribution is 2.12. The van der Waals surface area contributed by atoms with Gasteiger partial charge in [-0.1, -0.05) is 30.4 Å². The van der Waals surface area contributed by atoms with Crippen molar-refractivity contribution >= 4 is 23.1 Å². The van der Waals surface area contributed by atoms with Gasteiger partial charge in [-0.2, -0.15) is 0 Å². The molecule has 1 aromatic carbocycles. The Bertz CT molecular complexity index is 809. The van der Waals surface area contributed by atoms with E-state index >= 15 is 0 Å². The third kappa shape index (κ3) is 3.15. The Morgan fingerprint density at radius 3 is 2.50 bits per heavy atom. The van der Waals surface area contributed by atoms with Crippen molar-refractivity contribution in [3.05, 3.63) is 34.8 Å². The van der Waals surface area contributed by atoms with E-state index in [9.17, 15) is 0 Å². The Hall–Kier alpha value is -1.58. The van der Waals surface area contributed by atoms with Gasteiger partial charge in [0.2, 0.25) is 0 Å². The van der Waals surface area contributed by atoms with Crippen molar-refractivity contribution in [3.63, 3.8) is 0 Å². The van der Waals surface area contributed by atoms with Crippen LogP contribution < -0.4 is 10.6 Å². The lowest BCUT2D eigenvalue weighted by molar-refractivity contribution is 0.151. The van der Waals surface area contributed by atoms with E-state index in [1.807, 2.05) is 0 Å². The number of likely N-dealkylation sites (N-methyl/N-ethyl adjacent to an activating group) is 1. The molecule has 0 radical (unpaired) electrons. The molecule has 1 aliphatic carbocycles. The molecular weight excluding hydrogens is 294 g/mol. The number of hydrogen-bond donors (Lipinski definition) is 0. The predicted octanol–water partition coefficient (Wildman–Crippen LogP) is 2.02. The lowest BCUT2D eigenvalue weighted by Gasteiger charge is -2.32. The Labute approximate surface area is 144 Å². The zero-order valence-corrected chi connectivity index (χ0v) is 14.9. The fourth-order valence-corrected chi connectivity index (χ4v) is 4.15. The van der Waals surface area contributed by atoms with Crippen molar-refractivity contribution < 1.29 is 0 Å². The fraction of sp³-hybridized carbons (Fsp3) is 0.524. The third-order valence-corrected chi connectivity index (χ3v) is 5.61. The molecule has 1 aliphatic heterocycles. The van der Waals surface area contributed by atoms with Gasteiger partial charge < -0.3 is 14.4 Å². The summed E-state index contributed by atoms with van der Waals surface area (Å²) in [5, 5.41) is 4.36. The summed E-state index contributed by atoms with van der Waals surface area (Å²) in [6.45, 7) is 7.32. The summed E-state index contributed by atoms with van der Waals surface area (Å²) in [6.07, 6.45) is 9.81. The van der Waals surface area contributed by atoms with Crippen LogP contribution in [0.3, 0.4) is 0 Å². The molecule has 1 saturated heterocycles. The van der Waals surface area contributed by atoms with E-state index < -0.39 is 0 Å². The van der Waals surface area contributed by atoms with Crippen LogP contribution in [0.2, 0.25) is 0 Å². The number of para-hydroxylation sites is 1. The van der Waals surface area contributed by atoms with Crippen LogP contribution in [-0.2, 0) is 6.54 Å². The first kappa shape index (κ1) is 15.9. The Kier molecular flexibility index (Phi) is 4.72. The second-order valence-corrected chi connectivity index (χ2v) is 7.31. The number of fused-ring (bicyclic) bond motifs is 3. The molecule has 2 aromatic rings. The van der Waals surface area contributed by atoms with Gasteiger partial charge in [-0.15, -0.1) is 0 Å². The zero-order valence-electron chi connectivity index (χ0n) is 14.9. The number of piperazine rings is 1. The van der Waals surface area contributed by atoms with Crippen LogP contribution in [0.15, 0.2) is 24.3 Å². The van der Waals surface area contributed by atoms with Gasteiger partial charge in [0.15, 0.2) is 0 Å². The van der Waals surface area contributed by atoms with Crippen LogP contribution in [0.25, 0.3) is 23.1 Å². The van der Waals surface area contributed by atoms with Crippen LogP contribution in [0.5, 0.6) is 0 Å². The van der Waals surface area contributed by atoms with Crippen LogP contribution >= 0.6 is 0 Å². The molecule has 1 aromatic heterocycles. The van der Waals surface area contributed by atoms with Crippen molar-refractivity contribution in [2.24, 2.45) is 0 Å². The van der Waals surface area contributed by atoms with Gasteiger partial charge in [-0.05, 0) is 45.3 Å². The lowest BCUT2D eigenvalue weighted by atomic mass is 10.1. The quantitative estimate of drug-likeness (QED) is 0.780. The average Bonchev–Trinajstić information content (AvgIpc) is 2.95. The highest BCUT2D eigenvalue weighted by Gasteiger charge is 2.13. The van der Waals surface area contributed by atoms with Crippen molar-refractivity contribution in [2.45, 2.75) is 32.2 Å². The first-order valence-electron chi connectivity index (χ1n) is 9.51. The largest absolute Gasteiger partial charge is 0.341 e. The second kappa shape index (κ2) is 7.12. The van der Waals surface area contributed by atoms with E-state index in [-0.39, 0.29) is 0 Å². The maximum atomic E-state index is 2.63. The number of nitrogens with zero attached hydrogens (tertiary/aromatic N) is 3. The van der Waals surface area contributed by atoms with Crippen molar-refractivity contribution in [2.75, 3.05) is 39.8 Å². The van der Waals surface area contributed by atoms with Gasteiger partial charge in [0.25, 0.3) is 0 Å². The summed E-state index contributed by atoms with van der Waals surface area (Å²) in [5.74, 6) is 0. The average molecular weight is 323 g/mol. The van der Waals surface area contributed by atoms with Crippen LogP contribution in [0.1, 0.15) is 25.7 Å². The SMILES string of the molecule is CN1CCN(CCCCn2c3c(c4ccccc42)=CCCC=3)CC1. The smallest absolute Gasteiger partial charge is 0.0491 e. The Balaban J connectivity index is 1.44. The third-order valence-electron chi connectivity index (χ3n) is 5.61. The summed E-state index contributed by atoms with van der Waals surface area (Å²) in [4.78, 5) is 5.06. The minimum atomic E-state index is 1.15. The standard InChI is InChI=1S/C21H29N3/c1-22-14-16-23(17-15-22)12-6-7-13-24-20-10-4-2-8-18(20)19-9-3-5-11-21(19)24/h2,4,8-11H,3,5-7,12-17H2,1H3. The van der Waals surface area contributed by atoms with E-state index in [0.717, 1.165) is 6.54 Å². The second-order valence-electron chi connectivity index (χ2n) is 7.31. The van der Waals surface area contributed by atoms with Crippen molar-refractivity contribution in [3.8, 4) is 0 Å². The first-order chi connectivity index (χ1) is 11.8. The van der Waals surface area contributed by atoms with Gasteiger partial charge in [0, 0.05) is 54.2 Å². The van der Waals surface area contributed by atoms with Crippen molar-refractivity contribution in [1.29, 1.82) is 0 Å². The van der Waals surface area contributed by atoms with E-state index in [4.69, 9.17) is 0 Å². The molecule has 2 aliphatic rings. The monoisotopic (exact) mass is 323 g/mol. The Morgan fingerprint density at radius 1 is 0.875 bits per heavy atom. The molecule has 0 atom stereocenters. The predicted molar refractivity (Wildman–Crippen MR) is 103 cm³/mol. The zero-order chi connectivity index (χ0) is 16.4. The highest BCUT2D eigenvalue weighted by molar-refractivity contribution is 5.82. The number of hydrogen-bond acceptors (Lipinski definition) is 2. The number of unbranched alkanes of at least 4 members (excludes halogenated alkanes) is 1. The normalized spacial score (nSPS) is 19.0. The number of benzene rings is 1. The molecule has 0 unspecified atom stereocenters. The van der Waals surface area contributed by atoms with Gasteiger partial charge in [-0.3, -0.25) is 0 Å². The minimum Gasteiger partial charge on any atom is -0.341 e. The summed E-state index contributed by atoms with van der Waals surface area (Å²) in [6, 6.07) is 8.91. The molecule has 1 fully saturated rings. The van der Waals surface area contributed by atoms with E-state index in [1.165, 1.54) is 79.9 Å². The summed E-state index contributed by atoms with van der Waals surface area (Å²) < 4.78 is 2.56. The molecule has 3 nitrogen and oxygen atoms in total. The number of aryl methyl sites for hydroxylation is 1. The molecule has 3 heteroatoms. The van der Waals surface area contributed by atoms with E-state index in [0.29, 0.717) is 0 Å². The molecule has 4 rings (SSSR count). The fourth-order valence-electron chi connectivity index (χ4n) is 4.15. The molecule has 128 valence electrons. The highest BCUT2D eigenvalue weighted by atomic mass is 15.2. The number of rotatable bonds is 5. The molecule has 2 heterocycles. The van der Waals surface area contributed by atoms with Gasteiger partial charge >= 0.3 is 0 Å². The van der Waals surface area contributed by atoms with Crippen LogP contribution in [-0.4, -0.2) is 54.1 Å². The first-order valence-corrected chi connectivity index (χ1v) is 9.51. The maximum absolute atomic E-state index is 2.63. The summed E-state index contributed by atoms with van der Waals surface area (Å²) in [7, 11) is 2.23. The summed E-state index contributed by atoms with van der Waals surface area (Å²) >= 11 is 0. The lowest BCUT2D eigenvalue weighted by Crippen LogP contribution is -2.44. The Morgan fingerprint density at radius 2 is 1.62 bits per heavy atom. The molecule has 0 spiro atoms. The van der Waals surface area contributed by atoms with Crippen LogP contribution in [0.4, 0.5) is 0 Å². The summed E-state index contributed by atoms with van der Waals surface area (Å²) in [5.41, 5.74) is 1.41. The molecule has 24 heavy (non-hydrogen) atoms. The molecule has 0 saturated carbocycles. The van der Waals surface area contributed by atoms with Gasteiger partial charge in [0.05, 0.1) is 0 Å². The molecule has 0 N–H and O–H groups in total. The van der Waals surface area contributed by atoms with Gasteiger partial charge in [-0.25, -0.2) is 0 Å². The number of aromatic nitrogens is 1. The van der Waals surface area contributed by atoms with E-state index in [2.05, 4.69) is 57.8 Å². The van der Waals surface area contributed by atoms with Crippen molar-refractivity contribution in [1.82, 2.24) is 14.4 Å². The van der Waals surface area contributed by atoms with Gasteiger partial charge in [0.1, 0.15) is 0 Å². The molecule has 0 amide bonds. The molecular formula is C21H29N3. The maximum Gasteiger partial charge on any atom is 0.0491 e. The minimum absolute atomic E-state index is 1.15.